The summed E-state index contributed by atoms with van der Waals surface area (Å²) in [6.45, 7) is 0. The smallest absolute Gasteiger partial charge is 0.102 e. The molecule has 3 aromatic carbocycles. The summed E-state index contributed by atoms with van der Waals surface area (Å²) in [5.74, 6) is 0. The van der Waals surface area contributed by atoms with Crippen LogP contribution in [0.1, 0.15) is 22.3 Å². The maximum atomic E-state index is 9.75. The zero-order valence-electron chi connectivity index (χ0n) is 13.5. The lowest BCUT2D eigenvalue weighted by atomic mass is 9.87. The molecule has 26 heavy (non-hydrogen) atoms. The number of halogens is 2. The Morgan fingerprint density at radius 2 is 1.58 bits per heavy atom. The highest BCUT2D eigenvalue weighted by Gasteiger charge is 2.30. The Kier molecular flexibility index (Phi) is 3.85. The van der Waals surface area contributed by atoms with Gasteiger partial charge in [0.1, 0.15) is 12.1 Å². The van der Waals surface area contributed by atoms with Crippen molar-refractivity contribution >= 4 is 28.9 Å². The van der Waals surface area contributed by atoms with Gasteiger partial charge in [-0.15, -0.1) is 0 Å². The van der Waals surface area contributed by atoms with Crippen LogP contribution >= 0.6 is 23.2 Å². The minimum absolute atomic E-state index is 0.200. The van der Waals surface area contributed by atoms with Crippen molar-refractivity contribution in [2.24, 2.45) is 0 Å². The van der Waals surface area contributed by atoms with E-state index in [1.165, 1.54) is 0 Å². The molecule has 0 saturated heterocycles. The lowest BCUT2D eigenvalue weighted by Crippen LogP contribution is -2.03. The van der Waals surface area contributed by atoms with Gasteiger partial charge < -0.3 is 5.73 Å². The quantitative estimate of drug-likeness (QED) is 0.442. The first-order chi connectivity index (χ1) is 12.6. The van der Waals surface area contributed by atoms with Gasteiger partial charge in [0, 0.05) is 11.1 Å². The molecule has 0 spiro atoms. The van der Waals surface area contributed by atoms with Crippen molar-refractivity contribution in [2.75, 3.05) is 5.73 Å². The molecule has 2 N–H and O–H groups in total. The standard InChI is InChI=1S/C21H11Cl2N3/c22-17-6-5-12(8-18(17)23)19-14-7-11-3-1-2-4-13(11)20(14)16(10-25)21(26)15(19)9-24/h1-6,8H,7,26H2. The molecule has 124 valence electrons. The molecule has 0 bridgehead atoms. The number of nitrogens with zero attached hydrogens (tertiary/aromatic N) is 2. The summed E-state index contributed by atoms with van der Waals surface area (Å²) in [7, 11) is 0. The number of nitrogens with two attached hydrogens (primary N) is 1. The van der Waals surface area contributed by atoms with Gasteiger partial charge in [0.05, 0.1) is 26.9 Å². The Hall–Kier alpha value is -2.98. The minimum atomic E-state index is 0.200. The second kappa shape index (κ2) is 6.07. The summed E-state index contributed by atoms with van der Waals surface area (Å²) in [6.07, 6.45) is 0.630. The maximum absolute atomic E-state index is 9.75. The predicted molar refractivity (Wildman–Crippen MR) is 104 cm³/mol. The molecule has 4 rings (SSSR count). The summed E-state index contributed by atoms with van der Waals surface area (Å²) in [5.41, 5.74) is 12.4. The largest absolute Gasteiger partial charge is 0.397 e. The van der Waals surface area contributed by atoms with Crippen molar-refractivity contribution in [1.82, 2.24) is 0 Å². The van der Waals surface area contributed by atoms with Gasteiger partial charge in [0.15, 0.2) is 0 Å². The van der Waals surface area contributed by atoms with Gasteiger partial charge in [-0.1, -0.05) is 53.5 Å². The molecule has 0 heterocycles. The van der Waals surface area contributed by atoms with E-state index in [1.54, 1.807) is 12.1 Å². The third kappa shape index (κ3) is 2.26. The molecule has 0 atom stereocenters. The molecular formula is C21H11Cl2N3. The van der Waals surface area contributed by atoms with Gasteiger partial charge in [0.2, 0.25) is 0 Å². The average Bonchev–Trinajstić information content (AvgIpc) is 3.02. The molecule has 0 radical (unpaired) electrons. The number of anilines is 1. The van der Waals surface area contributed by atoms with Crippen LogP contribution in [0.5, 0.6) is 0 Å². The van der Waals surface area contributed by atoms with E-state index in [0.29, 0.717) is 33.2 Å². The van der Waals surface area contributed by atoms with Crippen molar-refractivity contribution in [3.05, 3.63) is 74.8 Å². The van der Waals surface area contributed by atoms with Crippen LogP contribution in [-0.2, 0) is 6.42 Å². The molecule has 5 heteroatoms. The predicted octanol–water partition coefficient (Wildman–Crippen LogP) is 5.56. The van der Waals surface area contributed by atoms with E-state index in [1.807, 2.05) is 30.3 Å². The number of hydrogen-bond acceptors (Lipinski definition) is 3. The normalized spacial score (nSPS) is 11.4. The fraction of sp³-hybridized carbons (Fsp3) is 0.0476. The number of nitrogen functional groups attached to an aromatic ring is 1. The van der Waals surface area contributed by atoms with Crippen LogP contribution in [0.2, 0.25) is 10.0 Å². The van der Waals surface area contributed by atoms with Crippen LogP contribution in [0.3, 0.4) is 0 Å². The van der Waals surface area contributed by atoms with E-state index in [-0.39, 0.29) is 5.69 Å². The molecular weight excluding hydrogens is 365 g/mol. The molecule has 0 saturated carbocycles. The van der Waals surface area contributed by atoms with Crippen LogP contribution in [-0.4, -0.2) is 0 Å². The highest BCUT2D eigenvalue weighted by molar-refractivity contribution is 6.42. The third-order valence-corrected chi connectivity index (χ3v) is 5.47. The first-order valence-electron chi connectivity index (χ1n) is 7.89. The summed E-state index contributed by atoms with van der Waals surface area (Å²) in [6, 6.07) is 17.5. The van der Waals surface area contributed by atoms with Crippen molar-refractivity contribution in [2.45, 2.75) is 6.42 Å². The van der Waals surface area contributed by atoms with Gasteiger partial charge in [0.25, 0.3) is 0 Å². The van der Waals surface area contributed by atoms with Gasteiger partial charge in [-0.3, -0.25) is 0 Å². The zero-order chi connectivity index (χ0) is 18.4. The molecule has 1 aliphatic carbocycles. The lowest BCUT2D eigenvalue weighted by Gasteiger charge is -2.16. The molecule has 1 aliphatic rings. The fourth-order valence-electron chi connectivity index (χ4n) is 3.61. The highest BCUT2D eigenvalue weighted by Crippen LogP contribution is 2.48. The molecule has 0 amide bonds. The summed E-state index contributed by atoms with van der Waals surface area (Å²) < 4.78 is 0. The molecule has 3 nitrogen and oxygen atoms in total. The molecule has 0 aliphatic heterocycles. The Morgan fingerprint density at radius 3 is 2.27 bits per heavy atom. The van der Waals surface area contributed by atoms with Crippen LogP contribution in [0.4, 0.5) is 5.69 Å². The van der Waals surface area contributed by atoms with Crippen molar-refractivity contribution in [3.8, 4) is 34.4 Å². The number of fused-ring (bicyclic) bond motifs is 3. The summed E-state index contributed by atoms with van der Waals surface area (Å²) >= 11 is 12.2. The fourth-order valence-corrected chi connectivity index (χ4v) is 3.90. The van der Waals surface area contributed by atoms with Gasteiger partial charge >= 0.3 is 0 Å². The van der Waals surface area contributed by atoms with E-state index >= 15 is 0 Å². The third-order valence-electron chi connectivity index (χ3n) is 4.73. The number of hydrogen-bond donors (Lipinski definition) is 1. The molecule has 0 unspecified atom stereocenters. The van der Waals surface area contributed by atoms with Crippen LogP contribution in [0.15, 0.2) is 42.5 Å². The summed E-state index contributed by atoms with van der Waals surface area (Å²) in [5, 5.41) is 20.3. The second-order valence-corrected chi connectivity index (χ2v) is 6.89. The Labute approximate surface area is 160 Å². The molecule has 0 fully saturated rings. The van der Waals surface area contributed by atoms with Crippen LogP contribution in [0, 0.1) is 22.7 Å². The highest BCUT2D eigenvalue weighted by atomic mass is 35.5. The first-order valence-corrected chi connectivity index (χ1v) is 8.64. The maximum Gasteiger partial charge on any atom is 0.102 e. The van der Waals surface area contributed by atoms with Crippen LogP contribution in [0.25, 0.3) is 22.3 Å². The lowest BCUT2D eigenvalue weighted by molar-refractivity contribution is 1.26. The Balaban J connectivity index is 2.14. The Bertz CT molecular complexity index is 1170. The first kappa shape index (κ1) is 16.5. The van der Waals surface area contributed by atoms with Gasteiger partial charge in [-0.2, -0.15) is 10.5 Å². The molecule has 0 aromatic heterocycles. The van der Waals surface area contributed by atoms with E-state index in [9.17, 15) is 10.5 Å². The number of rotatable bonds is 1. The van der Waals surface area contributed by atoms with Crippen molar-refractivity contribution in [1.29, 1.82) is 10.5 Å². The minimum Gasteiger partial charge on any atom is -0.397 e. The van der Waals surface area contributed by atoms with Gasteiger partial charge in [-0.25, -0.2) is 0 Å². The van der Waals surface area contributed by atoms with Crippen LogP contribution < -0.4 is 5.73 Å². The van der Waals surface area contributed by atoms with Gasteiger partial charge in [-0.05, 0) is 40.8 Å². The van der Waals surface area contributed by atoms with E-state index < -0.39 is 0 Å². The monoisotopic (exact) mass is 375 g/mol. The summed E-state index contributed by atoms with van der Waals surface area (Å²) in [4.78, 5) is 0. The Morgan fingerprint density at radius 1 is 0.885 bits per heavy atom. The van der Waals surface area contributed by atoms with E-state index in [0.717, 1.165) is 27.8 Å². The zero-order valence-corrected chi connectivity index (χ0v) is 15.0. The van der Waals surface area contributed by atoms with Crippen molar-refractivity contribution in [3.63, 3.8) is 0 Å². The topological polar surface area (TPSA) is 73.6 Å². The number of nitriles is 2. The van der Waals surface area contributed by atoms with Crippen molar-refractivity contribution < 1.29 is 0 Å². The second-order valence-electron chi connectivity index (χ2n) is 6.08. The number of benzene rings is 3. The molecule has 3 aromatic rings. The van der Waals surface area contributed by atoms with E-state index in [4.69, 9.17) is 28.9 Å². The van der Waals surface area contributed by atoms with E-state index in [2.05, 4.69) is 12.1 Å². The SMILES string of the molecule is N#Cc1c(N)c(C#N)c2c(c1-c1ccc(Cl)c(Cl)c1)Cc1ccccc1-2. The average molecular weight is 376 g/mol.